The molecule has 0 N–H and O–H groups in total. The number of terminal acetylenes is 1. The highest BCUT2D eigenvalue weighted by atomic mass is 32.1. The van der Waals surface area contributed by atoms with Crippen molar-refractivity contribution in [3.8, 4) is 12.3 Å². The monoisotopic (exact) mass is 113 g/mol. The maximum atomic E-state index is 5.06. The topological polar surface area (TPSA) is 0 Å². The Hall–Kier alpha value is -0.0900. The summed E-state index contributed by atoms with van der Waals surface area (Å²) < 4.78 is -0.306. The van der Waals surface area contributed by atoms with E-state index in [4.69, 9.17) is 19.1 Å². The van der Waals surface area contributed by atoms with Gasteiger partial charge in [0, 0.05) is 0 Å². The van der Waals surface area contributed by atoms with Crippen LogP contribution in [0.5, 0.6) is 0 Å². The lowest BCUT2D eigenvalue weighted by Gasteiger charge is -2.09. The molecule has 0 spiro atoms. The smallest absolute Gasteiger partial charge is 0.0835 e. The van der Waals surface area contributed by atoms with E-state index in [9.17, 15) is 0 Å². The van der Waals surface area contributed by atoms with Crippen molar-refractivity contribution in [2.24, 2.45) is 0 Å². The van der Waals surface area contributed by atoms with Gasteiger partial charge >= 0.3 is 0 Å². The van der Waals surface area contributed by atoms with Crippen molar-refractivity contribution < 1.29 is 0 Å². The first kappa shape index (κ1) is 6.91. The summed E-state index contributed by atoms with van der Waals surface area (Å²) in [5.41, 5.74) is 0. The van der Waals surface area contributed by atoms with Crippen LogP contribution in [0.2, 0.25) is 0 Å². The zero-order valence-corrected chi connectivity index (χ0v) is 5.51. The molecule has 7 heavy (non-hydrogen) atoms. The van der Waals surface area contributed by atoms with Crippen LogP contribution in [0.3, 0.4) is 0 Å². The fourth-order valence-corrected chi connectivity index (χ4v) is 0.102. The van der Waals surface area contributed by atoms with Gasteiger partial charge in [-0.1, -0.05) is 25.5 Å². The van der Waals surface area contributed by atoms with Crippen molar-refractivity contribution >= 4 is 12.6 Å². The van der Waals surface area contributed by atoms with E-state index in [1.54, 1.807) is 0 Å². The lowest BCUT2D eigenvalue weighted by atomic mass is 10.1. The van der Waals surface area contributed by atoms with Crippen molar-refractivity contribution in [2.75, 3.05) is 0 Å². The predicted octanol–water partition coefficient (Wildman–Crippen LogP) is 1.99. The van der Waals surface area contributed by atoms with Gasteiger partial charge in [-0.15, -0.1) is 6.42 Å². The molecule has 0 aliphatic heterocycles. The van der Waals surface area contributed by atoms with Crippen molar-refractivity contribution in [2.45, 2.75) is 25.0 Å². The Morgan fingerprint density at radius 3 is 2.29 bits per heavy atom. The molecule has 0 rings (SSSR count). The summed E-state index contributed by atoms with van der Waals surface area (Å²) in [7, 11) is 0. The summed E-state index contributed by atoms with van der Waals surface area (Å²) in [6.07, 6.45) is 5.94. The molecule has 0 saturated carbocycles. The first-order chi connectivity index (χ1) is 3.12. The molecule has 1 atom stereocenters. The van der Waals surface area contributed by atoms with Gasteiger partial charge in [0.05, 0.1) is 4.75 Å². The van der Waals surface area contributed by atoms with E-state index < -0.39 is 0 Å². The Balaban J connectivity index is 3.66. The van der Waals surface area contributed by atoms with Gasteiger partial charge in [-0.2, -0.15) is 0 Å². The highest BCUT2D eigenvalue weighted by Gasteiger charge is 2.10. The number of rotatable bonds is 1. The van der Waals surface area contributed by atoms with E-state index in [2.05, 4.69) is 5.92 Å². The van der Waals surface area contributed by atoms with E-state index in [1.807, 2.05) is 13.8 Å². The molecule has 0 saturated heterocycles. The van der Waals surface area contributed by atoms with Crippen LogP contribution in [0, 0.1) is 12.3 Å². The molecule has 0 nitrogen and oxygen atoms in total. The van der Waals surface area contributed by atoms with E-state index >= 15 is 0 Å². The minimum atomic E-state index is -0.306. The molecular formula is C6H9S. The fourth-order valence-electron chi connectivity index (χ4n) is 0.102. The van der Waals surface area contributed by atoms with Crippen LogP contribution in [-0.2, 0) is 0 Å². The summed E-state index contributed by atoms with van der Waals surface area (Å²) in [4.78, 5) is 0. The van der Waals surface area contributed by atoms with Gasteiger partial charge in [-0.25, -0.2) is 0 Å². The Labute approximate surface area is 50.7 Å². The summed E-state index contributed by atoms with van der Waals surface area (Å²) in [5, 5.41) is 0. The van der Waals surface area contributed by atoms with Gasteiger partial charge in [0.2, 0.25) is 0 Å². The lowest BCUT2D eigenvalue weighted by molar-refractivity contribution is 0.787. The highest BCUT2D eigenvalue weighted by Crippen LogP contribution is 2.14. The minimum absolute atomic E-state index is 0.306. The van der Waals surface area contributed by atoms with Crippen LogP contribution in [0.1, 0.15) is 20.3 Å². The van der Waals surface area contributed by atoms with Crippen molar-refractivity contribution in [1.29, 1.82) is 0 Å². The maximum absolute atomic E-state index is 5.06. The van der Waals surface area contributed by atoms with E-state index in [0.29, 0.717) is 0 Å². The Morgan fingerprint density at radius 1 is 1.86 bits per heavy atom. The fraction of sp³-hybridized carbons (Fsp3) is 0.667. The Kier molecular flexibility index (Phi) is 2.25. The summed E-state index contributed by atoms with van der Waals surface area (Å²) in [6, 6.07) is 0. The third kappa shape index (κ3) is 2.59. The third-order valence-electron chi connectivity index (χ3n) is 0.980. The van der Waals surface area contributed by atoms with E-state index in [1.165, 1.54) is 0 Å². The van der Waals surface area contributed by atoms with Crippen molar-refractivity contribution in [3.05, 3.63) is 0 Å². The van der Waals surface area contributed by atoms with Gasteiger partial charge in [-0.05, 0) is 13.3 Å². The van der Waals surface area contributed by atoms with Gasteiger partial charge in [0.15, 0.2) is 0 Å². The molecule has 0 fully saturated rings. The molecule has 0 bridgehead atoms. The first-order valence-electron chi connectivity index (χ1n) is 2.30. The summed E-state index contributed by atoms with van der Waals surface area (Å²) >= 11 is 4.91. The molecule has 0 aromatic rings. The van der Waals surface area contributed by atoms with Crippen LogP contribution in [0.15, 0.2) is 0 Å². The highest BCUT2D eigenvalue weighted by molar-refractivity contribution is 7.82. The largest absolute Gasteiger partial charge is 0.119 e. The third-order valence-corrected chi connectivity index (χ3v) is 1.39. The average molecular weight is 113 g/mol. The van der Waals surface area contributed by atoms with Crippen LogP contribution in [0.4, 0.5) is 0 Å². The Morgan fingerprint density at radius 2 is 2.29 bits per heavy atom. The predicted molar refractivity (Wildman–Crippen MR) is 35.1 cm³/mol. The molecule has 0 amide bonds. The molecule has 0 heterocycles. The molecule has 0 aliphatic rings. The van der Waals surface area contributed by atoms with Crippen molar-refractivity contribution in [1.82, 2.24) is 0 Å². The molecule has 0 aliphatic carbocycles. The maximum Gasteiger partial charge on any atom is 0.0835 e. The SMILES string of the molecule is C#CC(C)([S])CC. The quantitative estimate of drug-likeness (QED) is 0.456. The van der Waals surface area contributed by atoms with Gasteiger partial charge in [0.1, 0.15) is 0 Å². The zero-order chi connectivity index (χ0) is 5.91. The van der Waals surface area contributed by atoms with Crippen molar-refractivity contribution in [3.63, 3.8) is 0 Å². The second-order valence-corrected chi connectivity index (χ2v) is 2.63. The normalized spacial score (nSPS) is 17.4. The van der Waals surface area contributed by atoms with Crippen LogP contribution in [-0.4, -0.2) is 4.75 Å². The molecule has 0 aromatic carbocycles. The van der Waals surface area contributed by atoms with Crippen LogP contribution in [0.25, 0.3) is 0 Å². The minimum Gasteiger partial charge on any atom is -0.119 e. The van der Waals surface area contributed by atoms with E-state index in [0.717, 1.165) is 6.42 Å². The van der Waals surface area contributed by atoms with Gasteiger partial charge < -0.3 is 0 Å². The van der Waals surface area contributed by atoms with Crippen LogP contribution < -0.4 is 0 Å². The molecule has 1 unspecified atom stereocenters. The second kappa shape index (κ2) is 2.28. The first-order valence-corrected chi connectivity index (χ1v) is 2.71. The summed E-state index contributed by atoms with van der Waals surface area (Å²) in [5.74, 6) is 2.51. The second-order valence-electron chi connectivity index (χ2n) is 1.73. The van der Waals surface area contributed by atoms with Gasteiger partial charge in [0.25, 0.3) is 0 Å². The summed E-state index contributed by atoms with van der Waals surface area (Å²) in [6.45, 7) is 3.87. The molecule has 39 valence electrons. The zero-order valence-electron chi connectivity index (χ0n) is 4.69. The van der Waals surface area contributed by atoms with Gasteiger partial charge in [-0.3, -0.25) is 0 Å². The van der Waals surface area contributed by atoms with Crippen LogP contribution >= 0.6 is 12.6 Å². The van der Waals surface area contributed by atoms with E-state index in [-0.39, 0.29) is 4.75 Å². The number of hydrogen-bond acceptors (Lipinski definition) is 0. The number of hydrogen-bond donors (Lipinski definition) is 0. The molecule has 0 aromatic heterocycles. The average Bonchev–Trinajstić information content (AvgIpc) is 1.68. The standard InChI is InChI=1S/C6H9S/c1-4-6(3,7)5-2/h1H,5H2,2-3H3. The molecule has 1 radical (unpaired) electrons. The molecule has 1 heteroatoms. The Bertz CT molecular complexity index is 86.8. The lowest BCUT2D eigenvalue weighted by Crippen LogP contribution is -2.09. The molecular weight excluding hydrogens is 104 g/mol.